The minimum atomic E-state index is -0.156. The lowest BCUT2D eigenvalue weighted by molar-refractivity contribution is 0.227. The second-order valence-corrected chi connectivity index (χ2v) is 5.90. The van der Waals surface area contributed by atoms with Crippen molar-refractivity contribution in [3.63, 3.8) is 0 Å². The second kappa shape index (κ2) is 6.03. The fourth-order valence-electron chi connectivity index (χ4n) is 3.18. The fourth-order valence-corrected chi connectivity index (χ4v) is 3.36. The highest BCUT2D eigenvalue weighted by atomic mass is 35.5. The number of benzene rings is 1. The van der Waals surface area contributed by atoms with Crippen molar-refractivity contribution in [1.82, 2.24) is 5.32 Å². The van der Waals surface area contributed by atoms with Crippen LogP contribution in [0.15, 0.2) is 18.2 Å². The molecule has 3 heteroatoms. The summed E-state index contributed by atoms with van der Waals surface area (Å²) in [7, 11) is 1.91. The lowest BCUT2D eigenvalue weighted by Crippen LogP contribution is -2.29. The van der Waals surface area contributed by atoms with E-state index in [9.17, 15) is 4.39 Å². The van der Waals surface area contributed by atoms with Gasteiger partial charge in [-0.1, -0.05) is 31.4 Å². The molecule has 0 aromatic heterocycles. The summed E-state index contributed by atoms with van der Waals surface area (Å²) < 4.78 is 14.0. The van der Waals surface area contributed by atoms with Gasteiger partial charge in [0.25, 0.3) is 0 Å². The molecule has 0 spiro atoms. The average molecular weight is 270 g/mol. The van der Waals surface area contributed by atoms with Crippen molar-refractivity contribution in [3.05, 3.63) is 34.6 Å². The van der Waals surface area contributed by atoms with Crippen LogP contribution in [0.25, 0.3) is 0 Å². The molecule has 1 aromatic carbocycles. The summed E-state index contributed by atoms with van der Waals surface area (Å²) in [6.07, 6.45) is 4.87. The van der Waals surface area contributed by atoms with Crippen molar-refractivity contribution in [2.75, 3.05) is 7.05 Å². The zero-order chi connectivity index (χ0) is 13.1. The Balaban J connectivity index is 2.24. The predicted molar refractivity (Wildman–Crippen MR) is 74.3 cm³/mol. The smallest absolute Gasteiger partial charge is 0.128 e. The fraction of sp³-hybridized carbons (Fsp3) is 0.600. The van der Waals surface area contributed by atoms with Gasteiger partial charge in [-0.25, -0.2) is 4.39 Å². The molecular weight excluding hydrogens is 249 g/mol. The first-order chi connectivity index (χ1) is 8.61. The number of rotatable bonds is 3. The number of nitrogens with one attached hydrogen (secondary N) is 1. The molecule has 0 saturated heterocycles. The lowest BCUT2D eigenvalue weighted by atomic mass is 9.76. The predicted octanol–water partition coefficient (Wildman–Crippen LogP) is 4.57. The molecular formula is C15H21ClFN. The first kappa shape index (κ1) is 13.8. The van der Waals surface area contributed by atoms with Crippen LogP contribution in [-0.4, -0.2) is 7.05 Å². The summed E-state index contributed by atoms with van der Waals surface area (Å²) in [6.45, 7) is 2.28. The highest BCUT2D eigenvalue weighted by Gasteiger charge is 2.28. The molecule has 0 aliphatic heterocycles. The molecule has 3 unspecified atom stereocenters. The molecule has 2 rings (SSSR count). The molecule has 1 nitrogen and oxygen atoms in total. The van der Waals surface area contributed by atoms with Crippen LogP contribution in [-0.2, 0) is 0 Å². The summed E-state index contributed by atoms with van der Waals surface area (Å²) in [5.74, 6) is 1.09. The normalized spacial score (nSPS) is 26.0. The molecule has 3 atom stereocenters. The first-order valence-corrected chi connectivity index (χ1v) is 7.11. The first-order valence-electron chi connectivity index (χ1n) is 6.74. The van der Waals surface area contributed by atoms with Gasteiger partial charge >= 0.3 is 0 Å². The van der Waals surface area contributed by atoms with E-state index in [0.717, 1.165) is 12.3 Å². The van der Waals surface area contributed by atoms with Gasteiger partial charge in [-0.05, 0) is 49.9 Å². The van der Waals surface area contributed by atoms with Gasteiger partial charge in [0.15, 0.2) is 0 Å². The maximum atomic E-state index is 14.0. The Bertz CT molecular complexity index is 407. The van der Waals surface area contributed by atoms with Crippen LogP contribution in [0.4, 0.5) is 4.39 Å². The number of hydrogen-bond acceptors (Lipinski definition) is 1. The minimum Gasteiger partial charge on any atom is -0.313 e. The summed E-state index contributed by atoms with van der Waals surface area (Å²) in [5.41, 5.74) is 0.712. The standard InChI is InChI=1S/C15H21ClFN/c1-10-4-3-5-11(8-10)15(18-2)13-9-12(16)6-7-14(13)17/h6-7,9-11,15,18H,3-5,8H2,1-2H3. The highest BCUT2D eigenvalue weighted by molar-refractivity contribution is 6.30. The summed E-state index contributed by atoms with van der Waals surface area (Å²) >= 11 is 5.99. The van der Waals surface area contributed by atoms with Crippen molar-refractivity contribution in [3.8, 4) is 0 Å². The Labute approximate surface area is 114 Å². The third-order valence-electron chi connectivity index (χ3n) is 4.05. The monoisotopic (exact) mass is 269 g/mol. The van der Waals surface area contributed by atoms with Gasteiger partial charge in [0, 0.05) is 16.6 Å². The SMILES string of the molecule is CNC(c1cc(Cl)ccc1F)C1CCCC(C)C1. The van der Waals surface area contributed by atoms with Gasteiger partial charge in [0.2, 0.25) is 0 Å². The second-order valence-electron chi connectivity index (χ2n) is 5.46. The van der Waals surface area contributed by atoms with E-state index >= 15 is 0 Å². The van der Waals surface area contributed by atoms with Crippen LogP contribution in [0.1, 0.15) is 44.2 Å². The van der Waals surface area contributed by atoms with E-state index in [2.05, 4.69) is 12.2 Å². The average Bonchev–Trinajstić information content (AvgIpc) is 2.35. The molecule has 1 saturated carbocycles. The lowest BCUT2D eigenvalue weighted by Gasteiger charge is -2.33. The maximum Gasteiger partial charge on any atom is 0.128 e. The summed E-state index contributed by atoms with van der Waals surface area (Å²) in [6, 6.07) is 4.91. The van der Waals surface area contributed by atoms with Gasteiger partial charge in [-0.2, -0.15) is 0 Å². The zero-order valence-electron chi connectivity index (χ0n) is 11.0. The summed E-state index contributed by atoms with van der Waals surface area (Å²) in [5, 5.41) is 3.88. The van der Waals surface area contributed by atoms with Crippen LogP contribution in [0, 0.1) is 17.7 Å². The van der Waals surface area contributed by atoms with Crippen LogP contribution in [0.5, 0.6) is 0 Å². The Morgan fingerprint density at radius 2 is 2.17 bits per heavy atom. The third kappa shape index (κ3) is 3.04. The minimum absolute atomic E-state index is 0.0754. The zero-order valence-corrected chi connectivity index (χ0v) is 11.8. The van der Waals surface area contributed by atoms with Crippen molar-refractivity contribution >= 4 is 11.6 Å². The van der Waals surface area contributed by atoms with Crippen LogP contribution >= 0.6 is 11.6 Å². The van der Waals surface area contributed by atoms with Crippen molar-refractivity contribution in [2.24, 2.45) is 11.8 Å². The Morgan fingerprint density at radius 1 is 1.39 bits per heavy atom. The van der Waals surface area contributed by atoms with Crippen molar-refractivity contribution in [2.45, 2.75) is 38.6 Å². The van der Waals surface area contributed by atoms with E-state index in [1.165, 1.54) is 25.3 Å². The topological polar surface area (TPSA) is 12.0 Å². The molecule has 0 radical (unpaired) electrons. The van der Waals surface area contributed by atoms with Crippen molar-refractivity contribution in [1.29, 1.82) is 0 Å². The van der Waals surface area contributed by atoms with Crippen LogP contribution in [0.2, 0.25) is 5.02 Å². The maximum absolute atomic E-state index is 14.0. The molecule has 1 aromatic rings. The quantitative estimate of drug-likeness (QED) is 0.848. The van der Waals surface area contributed by atoms with E-state index in [0.29, 0.717) is 16.5 Å². The van der Waals surface area contributed by atoms with Gasteiger partial charge in [-0.15, -0.1) is 0 Å². The van der Waals surface area contributed by atoms with Crippen LogP contribution in [0.3, 0.4) is 0 Å². The van der Waals surface area contributed by atoms with E-state index in [4.69, 9.17) is 11.6 Å². The highest BCUT2D eigenvalue weighted by Crippen LogP contribution is 2.38. The van der Waals surface area contributed by atoms with E-state index in [1.807, 2.05) is 7.05 Å². The van der Waals surface area contributed by atoms with Crippen molar-refractivity contribution < 1.29 is 4.39 Å². The van der Waals surface area contributed by atoms with E-state index in [-0.39, 0.29) is 11.9 Å². The molecule has 0 amide bonds. The molecule has 0 bridgehead atoms. The van der Waals surface area contributed by atoms with E-state index in [1.54, 1.807) is 12.1 Å². The number of halogens is 2. The molecule has 100 valence electrons. The Kier molecular flexibility index (Phi) is 4.63. The molecule has 1 aliphatic carbocycles. The molecule has 0 heterocycles. The molecule has 1 N–H and O–H groups in total. The Morgan fingerprint density at radius 3 is 2.83 bits per heavy atom. The van der Waals surface area contributed by atoms with Gasteiger partial charge in [0.05, 0.1) is 0 Å². The van der Waals surface area contributed by atoms with Gasteiger partial charge < -0.3 is 5.32 Å². The third-order valence-corrected chi connectivity index (χ3v) is 4.29. The molecule has 1 fully saturated rings. The van der Waals surface area contributed by atoms with Crippen LogP contribution < -0.4 is 5.32 Å². The number of hydrogen-bond donors (Lipinski definition) is 1. The Hall–Kier alpha value is -0.600. The largest absolute Gasteiger partial charge is 0.313 e. The molecule has 1 aliphatic rings. The molecule has 18 heavy (non-hydrogen) atoms. The van der Waals surface area contributed by atoms with E-state index < -0.39 is 0 Å². The summed E-state index contributed by atoms with van der Waals surface area (Å²) in [4.78, 5) is 0. The van der Waals surface area contributed by atoms with Gasteiger partial charge in [0.1, 0.15) is 5.82 Å². The van der Waals surface area contributed by atoms with Gasteiger partial charge in [-0.3, -0.25) is 0 Å².